The zero-order chi connectivity index (χ0) is 15.9. The van der Waals surface area contributed by atoms with E-state index in [-0.39, 0.29) is 24.7 Å². The maximum absolute atomic E-state index is 11.7. The number of rotatable bonds is 6. The summed E-state index contributed by atoms with van der Waals surface area (Å²) in [4.78, 5) is 35.0. The number of carbonyl (C=O) groups excluding carboxylic acids is 3. The van der Waals surface area contributed by atoms with Gasteiger partial charge in [0, 0.05) is 6.42 Å². The first kappa shape index (κ1) is 18.4. The number of hydrogen-bond acceptors (Lipinski definition) is 5. The molecule has 1 atom stereocenters. The third-order valence-electron chi connectivity index (χ3n) is 2.21. The highest BCUT2D eigenvalue weighted by atomic mass is 16.6. The zero-order valence-corrected chi connectivity index (χ0v) is 13.1. The van der Waals surface area contributed by atoms with Gasteiger partial charge < -0.3 is 14.8 Å². The Kier molecular flexibility index (Phi) is 7.24. The minimum absolute atomic E-state index is 0.162. The molecule has 6 nitrogen and oxygen atoms in total. The normalized spacial score (nSPS) is 12.8. The molecule has 0 unspecified atom stereocenters. The van der Waals surface area contributed by atoms with E-state index in [1.54, 1.807) is 20.8 Å². The van der Waals surface area contributed by atoms with E-state index in [1.165, 1.54) is 7.11 Å². The minimum atomic E-state index is -1.01. The Morgan fingerprint density at radius 1 is 1.10 bits per heavy atom. The van der Waals surface area contributed by atoms with Gasteiger partial charge in [0.1, 0.15) is 11.6 Å². The van der Waals surface area contributed by atoms with Crippen LogP contribution in [0.15, 0.2) is 0 Å². The van der Waals surface area contributed by atoms with Crippen molar-refractivity contribution in [2.75, 3.05) is 7.11 Å². The largest absolute Gasteiger partial charge is 0.467 e. The third kappa shape index (κ3) is 8.50. The van der Waals surface area contributed by atoms with Gasteiger partial charge in [-0.2, -0.15) is 0 Å². The first-order chi connectivity index (χ1) is 9.05. The van der Waals surface area contributed by atoms with Crippen LogP contribution in [-0.2, 0) is 23.9 Å². The molecule has 1 N–H and O–H groups in total. The smallest absolute Gasteiger partial charge is 0.328 e. The minimum Gasteiger partial charge on any atom is -0.467 e. The summed E-state index contributed by atoms with van der Waals surface area (Å²) in [6, 6.07) is -1.01. The Bertz CT molecular complexity index is 357. The first-order valence-corrected chi connectivity index (χ1v) is 6.64. The van der Waals surface area contributed by atoms with Crippen molar-refractivity contribution >= 4 is 17.8 Å². The van der Waals surface area contributed by atoms with Gasteiger partial charge in [0.25, 0.3) is 0 Å². The highest BCUT2D eigenvalue weighted by Gasteiger charge is 2.27. The molecule has 0 aromatic carbocycles. The first-order valence-electron chi connectivity index (χ1n) is 6.64. The van der Waals surface area contributed by atoms with E-state index in [2.05, 4.69) is 10.1 Å². The van der Waals surface area contributed by atoms with Gasteiger partial charge in [-0.1, -0.05) is 13.8 Å². The van der Waals surface area contributed by atoms with Crippen LogP contribution in [-0.4, -0.2) is 36.6 Å². The van der Waals surface area contributed by atoms with E-state index >= 15 is 0 Å². The molecule has 0 saturated carbocycles. The summed E-state index contributed by atoms with van der Waals surface area (Å²) in [6.45, 7) is 8.97. The second kappa shape index (κ2) is 7.87. The fourth-order valence-corrected chi connectivity index (χ4v) is 1.51. The van der Waals surface area contributed by atoms with Gasteiger partial charge in [0.2, 0.25) is 5.91 Å². The summed E-state index contributed by atoms with van der Waals surface area (Å²) in [7, 11) is 1.21. The molecule has 0 aromatic rings. The van der Waals surface area contributed by atoms with Crippen molar-refractivity contribution in [3.05, 3.63) is 0 Å². The number of methoxy groups -OCH3 is 1. The molecular weight excluding hydrogens is 262 g/mol. The molecule has 0 spiro atoms. The van der Waals surface area contributed by atoms with Gasteiger partial charge in [0.05, 0.1) is 13.5 Å². The second-order valence-corrected chi connectivity index (χ2v) is 6.03. The van der Waals surface area contributed by atoms with Crippen molar-refractivity contribution < 1.29 is 23.9 Å². The molecule has 0 aliphatic rings. The summed E-state index contributed by atoms with van der Waals surface area (Å²) in [5.74, 6) is -1.35. The van der Waals surface area contributed by atoms with Crippen LogP contribution in [0.5, 0.6) is 0 Å². The predicted octanol–water partition coefficient (Wildman–Crippen LogP) is 1.42. The lowest BCUT2D eigenvalue weighted by Gasteiger charge is -2.22. The summed E-state index contributed by atoms with van der Waals surface area (Å²) in [5.41, 5.74) is -0.639. The highest BCUT2D eigenvalue weighted by Crippen LogP contribution is 2.10. The molecule has 0 aromatic heterocycles. The Hall–Kier alpha value is -1.59. The molecule has 1 amide bonds. The van der Waals surface area contributed by atoms with Crippen molar-refractivity contribution in [1.29, 1.82) is 0 Å². The van der Waals surface area contributed by atoms with Crippen LogP contribution < -0.4 is 5.32 Å². The Balaban J connectivity index is 4.62. The molecule has 116 valence electrons. The van der Waals surface area contributed by atoms with Crippen LogP contribution in [0.1, 0.15) is 47.5 Å². The number of esters is 2. The molecule has 0 bridgehead atoms. The van der Waals surface area contributed by atoms with Crippen molar-refractivity contribution in [1.82, 2.24) is 5.32 Å². The van der Waals surface area contributed by atoms with Crippen LogP contribution in [0.4, 0.5) is 0 Å². The average Bonchev–Trinajstić information content (AvgIpc) is 2.23. The number of ether oxygens (including phenoxy) is 2. The van der Waals surface area contributed by atoms with Gasteiger partial charge in [0.15, 0.2) is 0 Å². The lowest BCUT2D eigenvalue weighted by Crippen LogP contribution is -2.44. The molecule has 6 heteroatoms. The van der Waals surface area contributed by atoms with Crippen LogP contribution in [0.3, 0.4) is 0 Å². The summed E-state index contributed by atoms with van der Waals surface area (Å²) >= 11 is 0. The summed E-state index contributed by atoms with van der Waals surface area (Å²) < 4.78 is 9.72. The Morgan fingerprint density at radius 3 is 2.05 bits per heavy atom. The molecule has 0 aliphatic carbocycles. The van der Waals surface area contributed by atoms with Gasteiger partial charge >= 0.3 is 11.9 Å². The van der Waals surface area contributed by atoms with Crippen molar-refractivity contribution in [2.24, 2.45) is 5.92 Å². The van der Waals surface area contributed by atoms with E-state index < -0.39 is 23.6 Å². The average molecular weight is 287 g/mol. The number of nitrogens with one attached hydrogen (secondary N) is 1. The summed E-state index contributed by atoms with van der Waals surface area (Å²) in [6.07, 6.45) is 0.0373. The van der Waals surface area contributed by atoms with Gasteiger partial charge in [-0.25, -0.2) is 4.79 Å². The van der Waals surface area contributed by atoms with E-state index in [0.29, 0.717) is 0 Å². The van der Waals surface area contributed by atoms with Crippen LogP contribution in [0.25, 0.3) is 0 Å². The van der Waals surface area contributed by atoms with Crippen LogP contribution in [0, 0.1) is 5.92 Å². The number of amides is 1. The van der Waals surface area contributed by atoms with E-state index in [4.69, 9.17) is 4.74 Å². The zero-order valence-electron chi connectivity index (χ0n) is 13.1. The highest BCUT2D eigenvalue weighted by molar-refractivity contribution is 5.88. The standard InChI is InChI=1S/C14H25NO5/c1-9(2)7-11(16)15-10(13(18)19-6)8-12(17)20-14(3,4)5/h9-10H,7-8H2,1-6H3,(H,15,16)/t10-/m0/s1. The topological polar surface area (TPSA) is 81.7 Å². The monoisotopic (exact) mass is 287 g/mol. The van der Waals surface area contributed by atoms with Crippen molar-refractivity contribution in [3.8, 4) is 0 Å². The molecular formula is C14H25NO5. The lowest BCUT2D eigenvalue weighted by atomic mass is 10.1. The van der Waals surface area contributed by atoms with Gasteiger partial charge in [-0.15, -0.1) is 0 Å². The molecule has 20 heavy (non-hydrogen) atoms. The van der Waals surface area contributed by atoms with Gasteiger partial charge in [-0.05, 0) is 26.7 Å². The van der Waals surface area contributed by atoms with Crippen molar-refractivity contribution in [3.63, 3.8) is 0 Å². The Labute approximate surface area is 120 Å². The molecule has 0 heterocycles. The second-order valence-electron chi connectivity index (χ2n) is 6.03. The maximum Gasteiger partial charge on any atom is 0.328 e. The maximum atomic E-state index is 11.7. The fraction of sp³-hybridized carbons (Fsp3) is 0.786. The Morgan fingerprint density at radius 2 is 1.65 bits per heavy atom. The lowest BCUT2D eigenvalue weighted by molar-refractivity contribution is -0.159. The van der Waals surface area contributed by atoms with E-state index in [0.717, 1.165) is 0 Å². The molecule has 0 aliphatic heterocycles. The molecule has 0 saturated heterocycles. The quantitative estimate of drug-likeness (QED) is 0.747. The number of hydrogen-bond donors (Lipinski definition) is 1. The van der Waals surface area contributed by atoms with E-state index in [1.807, 2.05) is 13.8 Å². The SMILES string of the molecule is COC(=O)[C@H](CC(=O)OC(C)(C)C)NC(=O)CC(C)C. The molecule has 0 radical (unpaired) electrons. The van der Waals surface area contributed by atoms with Crippen LogP contribution >= 0.6 is 0 Å². The molecule has 0 fully saturated rings. The van der Waals surface area contributed by atoms with Gasteiger partial charge in [-0.3, -0.25) is 9.59 Å². The van der Waals surface area contributed by atoms with Crippen LogP contribution in [0.2, 0.25) is 0 Å². The fourth-order valence-electron chi connectivity index (χ4n) is 1.51. The number of carbonyl (C=O) groups is 3. The third-order valence-corrected chi connectivity index (χ3v) is 2.21. The molecule has 0 rings (SSSR count). The summed E-state index contributed by atoms with van der Waals surface area (Å²) in [5, 5.41) is 2.50. The van der Waals surface area contributed by atoms with E-state index in [9.17, 15) is 14.4 Å². The predicted molar refractivity (Wildman–Crippen MR) is 73.9 cm³/mol. The van der Waals surface area contributed by atoms with Crippen molar-refractivity contribution in [2.45, 2.75) is 59.1 Å².